The summed E-state index contributed by atoms with van der Waals surface area (Å²) in [7, 11) is 0. The molecule has 0 aliphatic carbocycles. The maximum atomic E-state index is 10.0. The number of hydrogen-bond acceptors (Lipinski definition) is 2. The number of hydrogen-bond donors (Lipinski definition) is 2. The van der Waals surface area contributed by atoms with Crippen LogP contribution in [0.5, 0.6) is 0 Å². The number of amides is 2. The molecule has 4 heteroatoms. The van der Waals surface area contributed by atoms with Crippen molar-refractivity contribution in [2.45, 2.75) is 27.7 Å². The van der Waals surface area contributed by atoms with E-state index in [1.165, 1.54) is 6.92 Å². The Morgan fingerprint density at radius 1 is 1.33 bits per heavy atom. The van der Waals surface area contributed by atoms with Crippen LogP contribution in [0.3, 0.4) is 0 Å². The van der Waals surface area contributed by atoms with Crippen LogP contribution in [0.1, 0.15) is 27.7 Å². The second-order valence-corrected chi connectivity index (χ2v) is 3.11. The highest BCUT2D eigenvalue weighted by atomic mass is 16.2. The second kappa shape index (κ2) is 8.04. The lowest BCUT2D eigenvalue weighted by molar-refractivity contribution is -0.123. The van der Waals surface area contributed by atoms with Crippen molar-refractivity contribution in [2.75, 3.05) is 6.54 Å². The quantitative estimate of drug-likeness (QED) is 0.630. The largest absolute Gasteiger partial charge is 0.368 e. The van der Waals surface area contributed by atoms with Crippen molar-refractivity contribution in [1.82, 2.24) is 5.32 Å². The number of carbonyl (C=O) groups excluding carboxylic acids is 2. The molecule has 0 atom stereocenters. The molecule has 0 heterocycles. The molecule has 4 nitrogen and oxygen atoms in total. The molecular formula is C8H18N2O2. The zero-order valence-corrected chi connectivity index (χ0v) is 8.18. The van der Waals surface area contributed by atoms with Gasteiger partial charge >= 0.3 is 0 Å². The van der Waals surface area contributed by atoms with Gasteiger partial charge in [0, 0.05) is 6.92 Å². The minimum absolute atomic E-state index is 0.0741. The molecule has 0 unspecified atom stereocenters. The van der Waals surface area contributed by atoms with E-state index >= 15 is 0 Å². The Balaban J connectivity index is 0. The topological polar surface area (TPSA) is 72.2 Å². The molecule has 0 fully saturated rings. The summed E-state index contributed by atoms with van der Waals surface area (Å²) in [5.41, 5.74) is 4.69. The Bertz CT molecular complexity index is 127. The van der Waals surface area contributed by atoms with E-state index < -0.39 is 5.91 Å². The van der Waals surface area contributed by atoms with Gasteiger partial charge in [0.2, 0.25) is 11.8 Å². The average Bonchev–Trinajstić information content (AvgIpc) is 1.82. The summed E-state index contributed by atoms with van der Waals surface area (Å²) in [5.74, 6) is 0.0593. The van der Waals surface area contributed by atoms with Gasteiger partial charge in [-0.2, -0.15) is 0 Å². The minimum atomic E-state index is -0.528. The molecule has 0 bridgehead atoms. The van der Waals surface area contributed by atoms with Crippen LogP contribution >= 0.6 is 0 Å². The Hall–Kier alpha value is -1.06. The molecule has 0 saturated carbocycles. The first-order valence-electron chi connectivity index (χ1n) is 3.89. The van der Waals surface area contributed by atoms with Crippen LogP contribution in [0.15, 0.2) is 0 Å². The summed E-state index contributed by atoms with van der Waals surface area (Å²) in [6.07, 6.45) is 0. The van der Waals surface area contributed by atoms with E-state index in [9.17, 15) is 9.59 Å². The second-order valence-electron chi connectivity index (χ2n) is 3.11. The Labute approximate surface area is 73.5 Å². The van der Waals surface area contributed by atoms with Gasteiger partial charge in [0.25, 0.3) is 0 Å². The van der Waals surface area contributed by atoms with Gasteiger partial charge in [0.1, 0.15) is 0 Å². The predicted octanol–water partition coefficient (Wildman–Crippen LogP) is 0.270. The molecule has 0 aromatic heterocycles. The zero-order valence-electron chi connectivity index (χ0n) is 8.18. The number of rotatable bonds is 2. The minimum Gasteiger partial charge on any atom is -0.368 e. The summed E-state index contributed by atoms with van der Waals surface area (Å²) in [5, 5.41) is 2.23. The third kappa shape index (κ3) is 36.3. The number of nitrogens with two attached hydrogens (primary N) is 1. The highest BCUT2D eigenvalue weighted by Crippen LogP contribution is 1.81. The van der Waals surface area contributed by atoms with Gasteiger partial charge in [-0.15, -0.1) is 0 Å². The van der Waals surface area contributed by atoms with E-state index in [0.717, 1.165) is 5.92 Å². The number of carbonyl (C=O) groups is 2. The first kappa shape index (κ1) is 13.5. The normalized spacial score (nSPS) is 8.42. The summed E-state index contributed by atoms with van der Waals surface area (Å²) < 4.78 is 0. The Kier molecular flexibility index (Phi) is 9.06. The van der Waals surface area contributed by atoms with E-state index in [2.05, 4.69) is 31.8 Å². The molecule has 0 aromatic carbocycles. The van der Waals surface area contributed by atoms with Crippen LogP contribution in [-0.4, -0.2) is 18.4 Å². The summed E-state index contributed by atoms with van der Waals surface area (Å²) >= 11 is 0. The van der Waals surface area contributed by atoms with Gasteiger partial charge in [-0.3, -0.25) is 9.59 Å². The molecule has 12 heavy (non-hydrogen) atoms. The van der Waals surface area contributed by atoms with Crippen molar-refractivity contribution in [2.24, 2.45) is 11.7 Å². The maximum absolute atomic E-state index is 10.0. The highest BCUT2D eigenvalue weighted by Gasteiger charge is 1.92. The third-order valence-electron chi connectivity index (χ3n) is 0.512. The smallest absolute Gasteiger partial charge is 0.236 e. The molecule has 0 rings (SSSR count). The van der Waals surface area contributed by atoms with Gasteiger partial charge in [0.15, 0.2) is 0 Å². The van der Waals surface area contributed by atoms with E-state index in [0.29, 0.717) is 0 Å². The number of nitrogens with one attached hydrogen (secondary N) is 1. The van der Waals surface area contributed by atoms with Gasteiger partial charge in [-0.05, 0) is 5.92 Å². The predicted molar refractivity (Wildman–Crippen MR) is 48.4 cm³/mol. The lowest BCUT2D eigenvalue weighted by Crippen LogP contribution is -2.31. The highest BCUT2D eigenvalue weighted by molar-refractivity contribution is 5.82. The molecule has 0 aliphatic heterocycles. The van der Waals surface area contributed by atoms with E-state index in [1.54, 1.807) is 0 Å². The van der Waals surface area contributed by atoms with Gasteiger partial charge in [0.05, 0.1) is 6.54 Å². The Morgan fingerprint density at radius 2 is 1.67 bits per heavy atom. The molecule has 0 aromatic rings. The van der Waals surface area contributed by atoms with E-state index in [4.69, 9.17) is 0 Å². The van der Waals surface area contributed by atoms with Crippen LogP contribution in [0.4, 0.5) is 0 Å². The molecule has 3 N–H and O–H groups in total. The van der Waals surface area contributed by atoms with Crippen molar-refractivity contribution >= 4 is 11.8 Å². The molecule has 0 aliphatic rings. The zero-order chi connectivity index (χ0) is 10.1. The van der Waals surface area contributed by atoms with Crippen LogP contribution in [-0.2, 0) is 9.59 Å². The first-order valence-corrected chi connectivity index (χ1v) is 3.89. The maximum Gasteiger partial charge on any atom is 0.236 e. The lowest BCUT2D eigenvalue weighted by Gasteiger charge is -1.93. The third-order valence-corrected chi connectivity index (χ3v) is 0.512. The van der Waals surface area contributed by atoms with Crippen LogP contribution < -0.4 is 11.1 Å². The fraction of sp³-hybridized carbons (Fsp3) is 0.750. The van der Waals surface area contributed by atoms with Crippen molar-refractivity contribution in [1.29, 1.82) is 0 Å². The standard InChI is InChI=1S/C4H8N2O2.C4H10/c1-3(7)6-2-4(5)8;1-4(2)3/h2H2,1H3,(H2,5,8)(H,6,7);4H,1-3H3. The Morgan fingerprint density at radius 3 is 1.75 bits per heavy atom. The van der Waals surface area contributed by atoms with Crippen molar-refractivity contribution in [3.8, 4) is 0 Å². The summed E-state index contributed by atoms with van der Waals surface area (Å²) in [6, 6.07) is 0. The van der Waals surface area contributed by atoms with Crippen molar-refractivity contribution in [3.63, 3.8) is 0 Å². The summed E-state index contributed by atoms with van der Waals surface area (Å²) in [4.78, 5) is 19.9. The van der Waals surface area contributed by atoms with Crippen molar-refractivity contribution in [3.05, 3.63) is 0 Å². The van der Waals surface area contributed by atoms with Crippen LogP contribution in [0.2, 0.25) is 0 Å². The van der Waals surface area contributed by atoms with Gasteiger partial charge in [-0.1, -0.05) is 20.8 Å². The molecular weight excluding hydrogens is 156 g/mol. The van der Waals surface area contributed by atoms with E-state index in [-0.39, 0.29) is 12.5 Å². The van der Waals surface area contributed by atoms with E-state index in [1.807, 2.05) is 0 Å². The average molecular weight is 174 g/mol. The molecule has 0 radical (unpaired) electrons. The summed E-state index contributed by atoms with van der Waals surface area (Å²) in [6.45, 7) is 7.75. The van der Waals surface area contributed by atoms with Gasteiger partial charge < -0.3 is 11.1 Å². The van der Waals surface area contributed by atoms with Crippen LogP contribution in [0.25, 0.3) is 0 Å². The lowest BCUT2D eigenvalue weighted by atomic mass is 10.3. The van der Waals surface area contributed by atoms with Gasteiger partial charge in [-0.25, -0.2) is 0 Å². The van der Waals surface area contributed by atoms with Crippen molar-refractivity contribution < 1.29 is 9.59 Å². The first-order chi connectivity index (χ1) is 5.36. The molecule has 72 valence electrons. The van der Waals surface area contributed by atoms with Crippen LogP contribution in [0, 0.1) is 5.92 Å². The SMILES string of the molecule is CC(=O)NCC(N)=O.CC(C)C. The fourth-order valence-electron chi connectivity index (χ4n) is 0.212. The number of primary amides is 1. The molecule has 2 amide bonds. The fourth-order valence-corrected chi connectivity index (χ4v) is 0.212. The molecule has 0 spiro atoms. The molecule has 0 saturated heterocycles. The monoisotopic (exact) mass is 174 g/mol.